The van der Waals surface area contributed by atoms with Gasteiger partial charge in [-0.1, -0.05) is 75.8 Å². The SMILES string of the molecule is C=COCCCCCCCCCCCOc1ccc(-c2ccc(C(=O)O[C@@H](C)C(=O)OCC)cc2)cc1. The predicted octanol–water partition coefficient (Wildman–Crippen LogP) is 7.51. The van der Waals surface area contributed by atoms with Gasteiger partial charge in [-0.15, -0.1) is 0 Å². The standard InChI is InChI=1S/C31H42O6/c1-4-34-23-13-11-9-7-6-8-10-12-14-24-36-29-21-19-27(20-22-29)26-15-17-28(18-16-26)31(33)37-25(3)30(32)35-5-2/h4,15-22,25H,1,5-14,23-24H2,2-3H3/t25-/m0/s1. The summed E-state index contributed by atoms with van der Waals surface area (Å²) >= 11 is 0. The first-order valence-corrected chi connectivity index (χ1v) is 13.5. The number of carbonyl (C=O) groups excluding carboxylic acids is 2. The second kappa shape index (κ2) is 18.0. The summed E-state index contributed by atoms with van der Waals surface area (Å²) in [6, 6.07) is 15.1. The Labute approximate surface area is 222 Å². The van der Waals surface area contributed by atoms with Crippen LogP contribution in [0.25, 0.3) is 11.1 Å². The molecule has 0 amide bonds. The molecular formula is C31H42O6. The maximum Gasteiger partial charge on any atom is 0.347 e. The number of ether oxygens (including phenoxy) is 4. The molecule has 0 aliphatic rings. The molecule has 37 heavy (non-hydrogen) atoms. The predicted molar refractivity (Wildman–Crippen MR) is 147 cm³/mol. The van der Waals surface area contributed by atoms with Crippen LogP contribution >= 0.6 is 0 Å². The molecule has 0 fully saturated rings. The third kappa shape index (κ3) is 12.0. The van der Waals surface area contributed by atoms with Crippen LogP contribution in [-0.4, -0.2) is 37.9 Å². The summed E-state index contributed by atoms with van der Waals surface area (Å²) in [4.78, 5) is 23.9. The number of benzene rings is 2. The van der Waals surface area contributed by atoms with Gasteiger partial charge in [0.2, 0.25) is 0 Å². The zero-order valence-electron chi connectivity index (χ0n) is 22.4. The number of unbranched alkanes of at least 4 members (excludes halogenated alkanes) is 8. The Morgan fingerprint density at radius 2 is 1.30 bits per heavy atom. The number of hydrogen-bond acceptors (Lipinski definition) is 6. The van der Waals surface area contributed by atoms with Crippen LogP contribution in [0.2, 0.25) is 0 Å². The molecule has 2 aromatic rings. The zero-order chi connectivity index (χ0) is 26.7. The Morgan fingerprint density at radius 3 is 1.84 bits per heavy atom. The van der Waals surface area contributed by atoms with Crippen LogP contribution in [-0.2, 0) is 19.0 Å². The molecule has 0 saturated heterocycles. The normalized spacial score (nSPS) is 11.4. The lowest BCUT2D eigenvalue weighted by Crippen LogP contribution is -2.26. The van der Waals surface area contributed by atoms with E-state index < -0.39 is 18.0 Å². The molecule has 6 heteroatoms. The van der Waals surface area contributed by atoms with E-state index in [2.05, 4.69) is 6.58 Å². The topological polar surface area (TPSA) is 71.1 Å². The highest BCUT2D eigenvalue weighted by atomic mass is 16.6. The highest BCUT2D eigenvalue weighted by molar-refractivity contribution is 5.92. The third-order valence-electron chi connectivity index (χ3n) is 6.00. The molecule has 0 N–H and O–H groups in total. The average Bonchev–Trinajstić information content (AvgIpc) is 2.92. The van der Waals surface area contributed by atoms with Gasteiger partial charge in [-0.2, -0.15) is 0 Å². The van der Waals surface area contributed by atoms with E-state index in [0.29, 0.717) is 5.56 Å². The minimum Gasteiger partial charge on any atom is -0.502 e. The van der Waals surface area contributed by atoms with Gasteiger partial charge in [0.25, 0.3) is 0 Å². The van der Waals surface area contributed by atoms with E-state index in [1.54, 1.807) is 19.1 Å². The van der Waals surface area contributed by atoms with Crippen molar-refractivity contribution in [3.63, 3.8) is 0 Å². The van der Waals surface area contributed by atoms with E-state index in [0.717, 1.165) is 42.9 Å². The second-order valence-electron chi connectivity index (χ2n) is 8.97. The monoisotopic (exact) mass is 510 g/mol. The Hall–Kier alpha value is -3.28. The zero-order valence-corrected chi connectivity index (χ0v) is 22.4. The highest BCUT2D eigenvalue weighted by Gasteiger charge is 2.19. The summed E-state index contributed by atoms with van der Waals surface area (Å²) in [6.07, 6.45) is 11.6. The van der Waals surface area contributed by atoms with Gasteiger partial charge in [0, 0.05) is 0 Å². The van der Waals surface area contributed by atoms with E-state index in [1.807, 2.05) is 36.4 Å². The molecule has 202 valence electrons. The maximum atomic E-state index is 12.3. The quantitative estimate of drug-likeness (QED) is 0.111. The van der Waals surface area contributed by atoms with Crippen molar-refractivity contribution >= 4 is 11.9 Å². The van der Waals surface area contributed by atoms with Crippen molar-refractivity contribution in [3.05, 3.63) is 66.9 Å². The minimum atomic E-state index is -0.941. The van der Waals surface area contributed by atoms with Crippen LogP contribution in [0.15, 0.2) is 61.4 Å². The largest absolute Gasteiger partial charge is 0.502 e. The fourth-order valence-corrected chi connectivity index (χ4v) is 3.88. The van der Waals surface area contributed by atoms with Crippen LogP contribution in [0.4, 0.5) is 0 Å². The van der Waals surface area contributed by atoms with Gasteiger partial charge < -0.3 is 18.9 Å². The van der Waals surface area contributed by atoms with Gasteiger partial charge in [0.05, 0.1) is 31.6 Å². The van der Waals surface area contributed by atoms with Gasteiger partial charge in [0.15, 0.2) is 6.10 Å². The number of hydrogen-bond donors (Lipinski definition) is 0. The van der Waals surface area contributed by atoms with Crippen LogP contribution < -0.4 is 4.74 Å². The summed E-state index contributed by atoms with van der Waals surface area (Å²) in [6.45, 7) is 8.52. The van der Waals surface area contributed by atoms with E-state index in [-0.39, 0.29) is 6.61 Å². The summed E-state index contributed by atoms with van der Waals surface area (Å²) < 4.78 is 21.1. The summed E-state index contributed by atoms with van der Waals surface area (Å²) in [5, 5.41) is 0. The van der Waals surface area contributed by atoms with Gasteiger partial charge in [-0.25, -0.2) is 9.59 Å². The lowest BCUT2D eigenvalue weighted by Gasteiger charge is -2.12. The van der Waals surface area contributed by atoms with E-state index in [9.17, 15) is 9.59 Å². The molecule has 0 aliphatic heterocycles. The number of rotatable bonds is 19. The first kappa shape index (κ1) is 29.9. The van der Waals surface area contributed by atoms with Crippen LogP contribution in [0.1, 0.15) is 82.0 Å². The molecule has 2 aromatic carbocycles. The van der Waals surface area contributed by atoms with E-state index >= 15 is 0 Å². The Morgan fingerprint density at radius 1 is 0.784 bits per heavy atom. The third-order valence-corrected chi connectivity index (χ3v) is 6.00. The Bertz CT molecular complexity index is 920. The van der Waals surface area contributed by atoms with Crippen molar-refractivity contribution in [1.82, 2.24) is 0 Å². The van der Waals surface area contributed by atoms with Crippen molar-refractivity contribution in [2.24, 2.45) is 0 Å². The van der Waals surface area contributed by atoms with Gasteiger partial charge in [-0.05, 0) is 62.1 Å². The fraction of sp³-hybridized carbons (Fsp3) is 0.484. The molecule has 1 atom stereocenters. The molecule has 0 aromatic heterocycles. The van der Waals surface area contributed by atoms with Crippen LogP contribution in [0.5, 0.6) is 5.75 Å². The first-order chi connectivity index (χ1) is 18.0. The smallest absolute Gasteiger partial charge is 0.347 e. The molecule has 6 nitrogen and oxygen atoms in total. The molecule has 0 aliphatic carbocycles. The summed E-state index contributed by atoms with van der Waals surface area (Å²) in [5.74, 6) is -0.249. The molecule has 2 rings (SSSR count). The Kier molecular flexibility index (Phi) is 14.6. The second-order valence-corrected chi connectivity index (χ2v) is 8.97. The van der Waals surface area contributed by atoms with Gasteiger partial charge in [0.1, 0.15) is 5.75 Å². The van der Waals surface area contributed by atoms with E-state index in [4.69, 9.17) is 18.9 Å². The molecule has 0 bridgehead atoms. The first-order valence-electron chi connectivity index (χ1n) is 13.5. The van der Waals surface area contributed by atoms with Crippen molar-refractivity contribution in [1.29, 1.82) is 0 Å². The highest BCUT2D eigenvalue weighted by Crippen LogP contribution is 2.23. The minimum absolute atomic E-state index is 0.244. The molecular weight excluding hydrogens is 468 g/mol. The van der Waals surface area contributed by atoms with Gasteiger partial charge in [-0.3, -0.25) is 0 Å². The van der Waals surface area contributed by atoms with Crippen molar-refractivity contribution in [3.8, 4) is 16.9 Å². The van der Waals surface area contributed by atoms with Crippen molar-refractivity contribution < 1.29 is 28.5 Å². The summed E-state index contributed by atoms with van der Waals surface area (Å²) in [7, 11) is 0. The maximum absolute atomic E-state index is 12.3. The van der Waals surface area contributed by atoms with Crippen LogP contribution in [0, 0.1) is 0 Å². The fourth-order valence-electron chi connectivity index (χ4n) is 3.88. The van der Waals surface area contributed by atoms with Crippen LogP contribution in [0.3, 0.4) is 0 Å². The van der Waals surface area contributed by atoms with Crippen molar-refractivity contribution in [2.45, 2.75) is 77.7 Å². The molecule has 0 spiro atoms. The molecule has 0 heterocycles. The molecule has 0 unspecified atom stereocenters. The summed E-state index contributed by atoms with van der Waals surface area (Å²) in [5.41, 5.74) is 2.39. The lowest BCUT2D eigenvalue weighted by atomic mass is 10.0. The van der Waals surface area contributed by atoms with E-state index in [1.165, 1.54) is 58.1 Å². The van der Waals surface area contributed by atoms with Gasteiger partial charge >= 0.3 is 11.9 Å². The molecule has 0 saturated carbocycles. The number of carbonyl (C=O) groups is 2. The molecule has 0 radical (unpaired) electrons. The Balaban J connectivity index is 1.62. The lowest BCUT2D eigenvalue weighted by molar-refractivity contribution is -0.152. The number of esters is 2. The van der Waals surface area contributed by atoms with Crippen molar-refractivity contribution in [2.75, 3.05) is 19.8 Å². The average molecular weight is 511 g/mol.